The lowest BCUT2D eigenvalue weighted by Gasteiger charge is -2.18. The Morgan fingerprint density at radius 3 is 2.17 bits per heavy atom. The summed E-state index contributed by atoms with van der Waals surface area (Å²) in [6.07, 6.45) is 0.191. The van der Waals surface area contributed by atoms with Crippen LogP contribution in [0, 0.1) is 5.92 Å². The summed E-state index contributed by atoms with van der Waals surface area (Å²) in [5.74, 6) is 0.505. The smallest absolute Gasteiger partial charge is 0.0883 e. The van der Waals surface area contributed by atoms with Crippen LogP contribution in [0.4, 0.5) is 0 Å². The predicted molar refractivity (Wildman–Crippen MR) is 54.8 cm³/mol. The molecule has 1 nitrogen and oxygen atoms in total. The van der Waals surface area contributed by atoms with Gasteiger partial charge in [0.05, 0.1) is 6.10 Å². The van der Waals surface area contributed by atoms with Gasteiger partial charge in [-0.1, -0.05) is 44.2 Å². The predicted octanol–water partition coefficient (Wildman–Crippen LogP) is 3.19. The minimum absolute atomic E-state index is 0.191. The van der Waals surface area contributed by atoms with Crippen molar-refractivity contribution in [1.82, 2.24) is 0 Å². The zero-order chi connectivity index (χ0) is 8.97. The second-order valence-corrected chi connectivity index (χ2v) is 3.48. The molecule has 0 aliphatic carbocycles. The third-order valence-electron chi connectivity index (χ3n) is 1.88. The van der Waals surface area contributed by atoms with Gasteiger partial charge in [0.1, 0.15) is 0 Å². The molecule has 0 spiro atoms. The first kappa shape index (κ1) is 9.70. The molecule has 2 heteroatoms. The van der Waals surface area contributed by atoms with Crippen LogP contribution in [0.25, 0.3) is 0 Å². The van der Waals surface area contributed by atoms with Gasteiger partial charge in [0.25, 0.3) is 0 Å². The molecular weight excluding hydrogens is 167 g/mol. The van der Waals surface area contributed by atoms with Gasteiger partial charge in [-0.25, -0.2) is 0 Å². The molecule has 0 aliphatic heterocycles. The lowest BCUT2D eigenvalue weighted by molar-refractivity contribution is 0.185. The fourth-order valence-corrected chi connectivity index (χ4v) is 1.73. The Hall–Kier alpha value is -0.390. The first-order valence-corrected chi connectivity index (χ1v) is 4.63. The standard InChI is InChI=1S/C10H15OP/c1-8(2)10(11-12)9-6-4-3-5-7-9/h3-8,10H,12H2,1-2H3. The van der Waals surface area contributed by atoms with E-state index in [1.807, 2.05) is 18.2 Å². The van der Waals surface area contributed by atoms with Crippen LogP contribution in [0.1, 0.15) is 25.5 Å². The summed E-state index contributed by atoms with van der Waals surface area (Å²) < 4.78 is 5.31. The molecular formula is C10H15OP. The highest BCUT2D eigenvalue weighted by atomic mass is 31.0. The Labute approximate surface area is 76.4 Å². The van der Waals surface area contributed by atoms with Crippen LogP contribution < -0.4 is 0 Å². The van der Waals surface area contributed by atoms with Crippen LogP contribution in [0.5, 0.6) is 0 Å². The second-order valence-electron chi connectivity index (χ2n) is 3.21. The monoisotopic (exact) mass is 182 g/mol. The maximum atomic E-state index is 5.31. The van der Waals surface area contributed by atoms with Gasteiger partial charge in [0.15, 0.2) is 0 Å². The van der Waals surface area contributed by atoms with Crippen LogP contribution in [-0.2, 0) is 4.52 Å². The summed E-state index contributed by atoms with van der Waals surface area (Å²) in [5.41, 5.74) is 1.24. The fraction of sp³-hybridized carbons (Fsp3) is 0.400. The highest BCUT2D eigenvalue weighted by Crippen LogP contribution is 2.27. The lowest BCUT2D eigenvalue weighted by atomic mass is 9.99. The van der Waals surface area contributed by atoms with Crippen LogP contribution in [-0.4, -0.2) is 0 Å². The van der Waals surface area contributed by atoms with Gasteiger partial charge in [-0.3, -0.25) is 0 Å². The van der Waals surface area contributed by atoms with Crippen molar-refractivity contribution in [2.75, 3.05) is 0 Å². The first-order valence-electron chi connectivity index (χ1n) is 4.16. The van der Waals surface area contributed by atoms with Gasteiger partial charge < -0.3 is 4.52 Å². The van der Waals surface area contributed by atoms with Crippen LogP contribution in [0.3, 0.4) is 0 Å². The van der Waals surface area contributed by atoms with Crippen LogP contribution in [0.15, 0.2) is 30.3 Å². The molecule has 1 aromatic carbocycles. The fourth-order valence-electron chi connectivity index (χ4n) is 1.26. The number of rotatable bonds is 3. The van der Waals surface area contributed by atoms with E-state index >= 15 is 0 Å². The molecule has 0 N–H and O–H groups in total. The van der Waals surface area contributed by atoms with Gasteiger partial charge in [0, 0.05) is 9.47 Å². The second kappa shape index (κ2) is 4.59. The van der Waals surface area contributed by atoms with E-state index in [0.29, 0.717) is 5.92 Å². The van der Waals surface area contributed by atoms with Crippen molar-refractivity contribution in [3.05, 3.63) is 35.9 Å². The SMILES string of the molecule is CC(C)C(OP)c1ccccc1. The quantitative estimate of drug-likeness (QED) is 0.652. The molecule has 2 atom stereocenters. The third-order valence-corrected chi connectivity index (χ3v) is 2.17. The Balaban J connectivity index is 2.80. The minimum Gasteiger partial charge on any atom is -0.358 e. The van der Waals surface area contributed by atoms with Gasteiger partial charge in [-0.15, -0.1) is 0 Å². The van der Waals surface area contributed by atoms with Crippen molar-refractivity contribution >= 4 is 9.47 Å². The van der Waals surface area contributed by atoms with Crippen molar-refractivity contribution < 1.29 is 4.52 Å². The molecule has 0 aliphatic rings. The van der Waals surface area contributed by atoms with Crippen LogP contribution >= 0.6 is 9.47 Å². The van der Waals surface area contributed by atoms with E-state index in [0.717, 1.165) is 0 Å². The van der Waals surface area contributed by atoms with Gasteiger partial charge in [-0.05, 0) is 11.5 Å². The topological polar surface area (TPSA) is 9.23 Å². The Kier molecular flexibility index (Phi) is 3.71. The average Bonchev–Trinajstić information content (AvgIpc) is 2.07. The van der Waals surface area contributed by atoms with Gasteiger partial charge >= 0.3 is 0 Å². The molecule has 0 saturated heterocycles. The summed E-state index contributed by atoms with van der Waals surface area (Å²) in [4.78, 5) is 0. The molecule has 0 radical (unpaired) electrons. The van der Waals surface area contributed by atoms with E-state index in [9.17, 15) is 0 Å². The molecule has 0 fully saturated rings. The Morgan fingerprint density at radius 2 is 1.75 bits per heavy atom. The lowest BCUT2D eigenvalue weighted by Crippen LogP contribution is -2.05. The van der Waals surface area contributed by atoms with E-state index in [2.05, 4.69) is 35.4 Å². The van der Waals surface area contributed by atoms with Gasteiger partial charge in [-0.2, -0.15) is 0 Å². The molecule has 1 aromatic rings. The van der Waals surface area contributed by atoms with Crippen molar-refractivity contribution in [3.8, 4) is 0 Å². The number of hydrogen-bond acceptors (Lipinski definition) is 1. The number of hydrogen-bond donors (Lipinski definition) is 0. The van der Waals surface area contributed by atoms with E-state index < -0.39 is 0 Å². The summed E-state index contributed by atoms with van der Waals surface area (Å²) >= 11 is 0. The van der Waals surface area contributed by atoms with Crippen molar-refractivity contribution in [1.29, 1.82) is 0 Å². The number of benzene rings is 1. The molecule has 12 heavy (non-hydrogen) atoms. The normalized spacial score (nSPS) is 13.3. The Bertz CT molecular complexity index is 221. The van der Waals surface area contributed by atoms with Crippen molar-refractivity contribution in [3.63, 3.8) is 0 Å². The Morgan fingerprint density at radius 1 is 1.17 bits per heavy atom. The maximum Gasteiger partial charge on any atom is 0.0883 e. The highest BCUT2D eigenvalue weighted by molar-refractivity contribution is 7.09. The molecule has 0 heterocycles. The zero-order valence-corrected chi connectivity index (χ0v) is 8.68. The van der Waals surface area contributed by atoms with E-state index in [1.54, 1.807) is 0 Å². The summed E-state index contributed by atoms with van der Waals surface area (Å²) in [6.45, 7) is 4.31. The molecule has 0 amide bonds. The van der Waals surface area contributed by atoms with Crippen LogP contribution in [0.2, 0.25) is 0 Å². The maximum absolute atomic E-state index is 5.31. The summed E-state index contributed by atoms with van der Waals surface area (Å²) in [5, 5.41) is 0. The van der Waals surface area contributed by atoms with Crippen molar-refractivity contribution in [2.24, 2.45) is 5.92 Å². The van der Waals surface area contributed by atoms with Crippen molar-refractivity contribution in [2.45, 2.75) is 20.0 Å². The third kappa shape index (κ3) is 2.30. The molecule has 66 valence electrons. The first-order chi connectivity index (χ1) is 5.75. The minimum atomic E-state index is 0.191. The van der Waals surface area contributed by atoms with Gasteiger partial charge in [0.2, 0.25) is 0 Å². The summed E-state index contributed by atoms with van der Waals surface area (Å²) in [7, 11) is 2.34. The average molecular weight is 182 g/mol. The highest BCUT2D eigenvalue weighted by Gasteiger charge is 2.13. The molecule has 0 bridgehead atoms. The zero-order valence-electron chi connectivity index (χ0n) is 7.53. The van der Waals surface area contributed by atoms with E-state index in [1.165, 1.54) is 5.56 Å². The summed E-state index contributed by atoms with van der Waals surface area (Å²) in [6, 6.07) is 10.3. The molecule has 0 saturated carbocycles. The molecule has 1 rings (SSSR count). The molecule has 2 unspecified atom stereocenters. The van der Waals surface area contributed by atoms with E-state index in [4.69, 9.17) is 4.52 Å². The largest absolute Gasteiger partial charge is 0.358 e. The molecule has 0 aromatic heterocycles. The van der Waals surface area contributed by atoms with E-state index in [-0.39, 0.29) is 6.10 Å².